The van der Waals surface area contributed by atoms with Gasteiger partial charge in [-0.25, -0.2) is 14.6 Å². The topological polar surface area (TPSA) is 119 Å². The van der Waals surface area contributed by atoms with Crippen LogP contribution in [0.3, 0.4) is 0 Å². The second-order valence-corrected chi connectivity index (χ2v) is 11.7. The smallest absolute Gasteiger partial charge is 0.328 e. The third-order valence-corrected chi connectivity index (χ3v) is 8.52. The van der Waals surface area contributed by atoms with E-state index in [1.807, 2.05) is 97.1 Å². The van der Waals surface area contributed by atoms with E-state index >= 15 is 0 Å². The second kappa shape index (κ2) is 16.2. The number of hydrogen-bond acceptors (Lipinski definition) is 8. The van der Waals surface area contributed by atoms with Crippen molar-refractivity contribution < 1.29 is 28.9 Å². The van der Waals surface area contributed by atoms with Crippen molar-refractivity contribution in [3.63, 3.8) is 0 Å². The molecule has 1 aliphatic heterocycles. The van der Waals surface area contributed by atoms with Crippen LogP contribution in [0.25, 0.3) is 0 Å². The van der Waals surface area contributed by atoms with Crippen LogP contribution < -0.4 is 10.6 Å². The van der Waals surface area contributed by atoms with Crippen molar-refractivity contribution in [2.75, 3.05) is 12.9 Å². The van der Waals surface area contributed by atoms with Gasteiger partial charge in [0, 0.05) is 36.9 Å². The lowest BCUT2D eigenvalue weighted by atomic mass is 10.0. The standard InChI is InChI=1S/C35H37N3O6S/c1-42-33(40)30(19-24-7-3-2-4-8-24)38-35(41)37-21-25-10-16-28(17-11-25)34-43-29(23-45-32-9-5-6-18-36-32)20-31(44-34)27-14-12-26(22-39)13-15-27/h2-18,29-31,34,39H,19-23H2,1H3,(H2,37,38,41)/t29-,30-,31+,34+/m0/s1. The van der Waals surface area contributed by atoms with Crippen LogP contribution in [-0.4, -0.2) is 47.1 Å². The number of nitrogens with one attached hydrogen (secondary N) is 2. The summed E-state index contributed by atoms with van der Waals surface area (Å²) in [6.45, 7) is 0.254. The molecule has 4 aromatic rings. The van der Waals surface area contributed by atoms with Crippen LogP contribution in [0.2, 0.25) is 0 Å². The summed E-state index contributed by atoms with van der Waals surface area (Å²) in [5, 5.41) is 15.9. The third-order valence-electron chi connectivity index (χ3n) is 7.45. The van der Waals surface area contributed by atoms with Gasteiger partial charge in [-0.05, 0) is 34.4 Å². The molecule has 0 bridgehead atoms. The van der Waals surface area contributed by atoms with Gasteiger partial charge in [0.05, 0.1) is 31.0 Å². The van der Waals surface area contributed by atoms with Crippen LogP contribution in [0.1, 0.15) is 46.6 Å². The Morgan fingerprint density at radius 2 is 1.62 bits per heavy atom. The number of esters is 1. The summed E-state index contributed by atoms with van der Waals surface area (Å²) in [7, 11) is 1.30. The average molecular weight is 628 g/mol. The molecule has 1 fully saturated rings. The lowest BCUT2D eigenvalue weighted by molar-refractivity contribution is -0.245. The van der Waals surface area contributed by atoms with E-state index in [0.29, 0.717) is 12.8 Å². The predicted octanol–water partition coefficient (Wildman–Crippen LogP) is 5.50. The largest absolute Gasteiger partial charge is 0.467 e. The fourth-order valence-electron chi connectivity index (χ4n) is 5.00. The molecule has 1 aromatic heterocycles. The zero-order chi connectivity index (χ0) is 31.4. The van der Waals surface area contributed by atoms with E-state index in [1.54, 1.807) is 18.0 Å². The van der Waals surface area contributed by atoms with Crippen molar-refractivity contribution in [3.05, 3.63) is 131 Å². The van der Waals surface area contributed by atoms with Crippen molar-refractivity contribution in [1.82, 2.24) is 15.6 Å². The molecule has 0 radical (unpaired) electrons. The van der Waals surface area contributed by atoms with E-state index in [4.69, 9.17) is 14.2 Å². The molecule has 0 aliphatic carbocycles. The van der Waals surface area contributed by atoms with Crippen LogP contribution in [-0.2, 0) is 38.6 Å². The Morgan fingerprint density at radius 1 is 0.911 bits per heavy atom. The molecular formula is C35H37N3O6S. The zero-order valence-electron chi connectivity index (χ0n) is 25.0. The summed E-state index contributed by atoms with van der Waals surface area (Å²) in [4.78, 5) is 29.4. The Kier molecular flexibility index (Phi) is 11.6. The van der Waals surface area contributed by atoms with Crippen LogP contribution in [0.5, 0.6) is 0 Å². The lowest BCUT2D eigenvalue weighted by Crippen LogP contribution is -2.47. The van der Waals surface area contributed by atoms with E-state index < -0.39 is 24.3 Å². The monoisotopic (exact) mass is 627 g/mol. The summed E-state index contributed by atoms with van der Waals surface area (Å²) in [6.07, 6.45) is 1.94. The molecular weight excluding hydrogens is 590 g/mol. The molecule has 1 saturated heterocycles. The summed E-state index contributed by atoms with van der Waals surface area (Å²) >= 11 is 1.65. The van der Waals surface area contributed by atoms with Gasteiger partial charge in [-0.2, -0.15) is 0 Å². The first kappa shape index (κ1) is 32.2. The van der Waals surface area contributed by atoms with Crippen molar-refractivity contribution >= 4 is 23.8 Å². The van der Waals surface area contributed by atoms with E-state index in [1.165, 1.54) is 7.11 Å². The van der Waals surface area contributed by atoms with E-state index in [-0.39, 0.29) is 25.4 Å². The highest BCUT2D eigenvalue weighted by atomic mass is 32.2. The molecule has 9 nitrogen and oxygen atoms in total. The third kappa shape index (κ3) is 9.39. The molecule has 45 heavy (non-hydrogen) atoms. The van der Waals surface area contributed by atoms with Crippen LogP contribution in [0.4, 0.5) is 4.79 Å². The molecule has 3 aromatic carbocycles. The SMILES string of the molecule is COC(=O)[C@H](Cc1ccccc1)NC(=O)NCc1ccc([C@@H]2O[C@H](CSc3ccccn3)C[C@H](c3ccc(CO)cc3)O2)cc1. The highest BCUT2D eigenvalue weighted by molar-refractivity contribution is 7.99. The lowest BCUT2D eigenvalue weighted by Gasteiger charge is -2.36. The van der Waals surface area contributed by atoms with E-state index in [0.717, 1.165) is 38.6 Å². The number of pyridine rings is 1. The molecule has 3 N–H and O–H groups in total. The van der Waals surface area contributed by atoms with E-state index in [2.05, 4.69) is 15.6 Å². The number of benzene rings is 3. The second-order valence-electron chi connectivity index (χ2n) is 10.7. The minimum Gasteiger partial charge on any atom is -0.467 e. The van der Waals surface area contributed by atoms with Gasteiger partial charge >= 0.3 is 12.0 Å². The van der Waals surface area contributed by atoms with Gasteiger partial charge in [-0.1, -0.05) is 84.9 Å². The maximum absolute atomic E-state index is 12.7. The number of aliphatic hydroxyl groups is 1. The van der Waals surface area contributed by atoms with Crippen molar-refractivity contribution in [2.45, 2.75) is 55.6 Å². The first-order valence-electron chi connectivity index (χ1n) is 14.8. The summed E-state index contributed by atoms with van der Waals surface area (Å²) < 4.78 is 17.8. The minimum absolute atomic E-state index is 0.0106. The molecule has 0 spiro atoms. The Morgan fingerprint density at radius 3 is 2.31 bits per heavy atom. The van der Waals surface area contributed by atoms with Crippen LogP contribution in [0, 0.1) is 0 Å². The summed E-state index contributed by atoms with van der Waals surface area (Å²) in [5.41, 5.74) is 4.53. The molecule has 1 aliphatic rings. The van der Waals surface area contributed by atoms with Gasteiger partial charge in [-0.15, -0.1) is 11.8 Å². The number of carbonyl (C=O) groups is 2. The number of hydrogen-bond donors (Lipinski definition) is 3. The Bertz CT molecular complexity index is 1510. The number of carbonyl (C=O) groups excluding carboxylic acids is 2. The quantitative estimate of drug-likeness (QED) is 0.139. The van der Waals surface area contributed by atoms with Crippen molar-refractivity contribution in [3.8, 4) is 0 Å². The first-order valence-corrected chi connectivity index (χ1v) is 15.8. The van der Waals surface area contributed by atoms with Crippen LogP contribution in [0.15, 0.2) is 108 Å². The highest BCUT2D eigenvalue weighted by Crippen LogP contribution is 2.39. The number of aliphatic hydroxyl groups excluding tert-OH is 1. The molecule has 0 unspecified atom stereocenters. The molecule has 2 amide bonds. The number of thioether (sulfide) groups is 1. The van der Waals surface area contributed by atoms with Gasteiger partial charge in [0.1, 0.15) is 6.04 Å². The number of rotatable bonds is 12. The number of nitrogens with zero attached hydrogens (tertiary/aromatic N) is 1. The fourth-order valence-corrected chi connectivity index (χ4v) is 5.88. The zero-order valence-corrected chi connectivity index (χ0v) is 25.8. The number of aromatic nitrogens is 1. The molecule has 10 heteroatoms. The molecule has 4 atom stereocenters. The number of methoxy groups -OCH3 is 1. The van der Waals surface area contributed by atoms with Gasteiger partial charge in [0.2, 0.25) is 0 Å². The maximum atomic E-state index is 12.7. The van der Waals surface area contributed by atoms with Gasteiger partial charge < -0.3 is 30.0 Å². The van der Waals surface area contributed by atoms with Gasteiger partial charge in [0.25, 0.3) is 0 Å². The minimum atomic E-state index is -0.808. The predicted molar refractivity (Wildman–Crippen MR) is 171 cm³/mol. The van der Waals surface area contributed by atoms with Crippen molar-refractivity contribution in [1.29, 1.82) is 0 Å². The Labute approximate surface area is 267 Å². The molecule has 5 rings (SSSR count). The average Bonchev–Trinajstić information content (AvgIpc) is 3.10. The Hall–Kier alpha value is -4.22. The maximum Gasteiger partial charge on any atom is 0.328 e. The number of ether oxygens (including phenoxy) is 3. The number of amides is 2. The van der Waals surface area contributed by atoms with Crippen molar-refractivity contribution in [2.24, 2.45) is 0 Å². The fraction of sp³-hybridized carbons (Fsp3) is 0.286. The molecule has 2 heterocycles. The van der Waals surface area contributed by atoms with E-state index in [9.17, 15) is 14.7 Å². The van der Waals surface area contributed by atoms with Gasteiger partial charge in [0.15, 0.2) is 6.29 Å². The molecule has 0 saturated carbocycles. The first-order chi connectivity index (χ1) is 22.0. The summed E-state index contributed by atoms with van der Waals surface area (Å²) in [6, 6.07) is 29.5. The Balaban J connectivity index is 1.21. The molecule has 234 valence electrons. The van der Waals surface area contributed by atoms with Crippen LogP contribution >= 0.6 is 11.8 Å². The normalized spacial score (nSPS) is 18.5. The van der Waals surface area contributed by atoms with Gasteiger partial charge in [-0.3, -0.25) is 0 Å². The highest BCUT2D eigenvalue weighted by Gasteiger charge is 2.32. The summed E-state index contributed by atoms with van der Waals surface area (Å²) in [5.74, 6) is 0.209. The number of urea groups is 1.